The van der Waals surface area contributed by atoms with Crippen LogP contribution in [0.15, 0.2) is 30.3 Å². The number of benzene rings is 1. The van der Waals surface area contributed by atoms with Crippen LogP contribution in [0.25, 0.3) is 0 Å². The molecule has 1 aromatic carbocycles. The molecule has 1 nitrogen and oxygen atoms in total. The molecule has 0 heterocycles. The van der Waals surface area contributed by atoms with Crippen LogP contribution in [0.1, 0.15) is 108 Å². The minimum absolute atomic E-state index is 0.287. The number of hydrogen-bond donors (Lipinski definition) is 1. The fourth-order valence-electron chi connectivity index (χ4n) is 5.96. The molecule has 3 saturated carbocycles. The summed E-state index contributed by atoms with van der Waals surface area (Å²) < 4.78 is 39.0. The quantitative estimate of drug-likeness (QED) is 0.187. The number of halogens is 5. The fourth-order valence-corrected chi connectivity index (χ4v) is 10.6. The molecule has 36 heavy (non-hydrogen) atoms. The SMILES string of the molecule is C1CCC(P(C2CCCCC2)C2CCCCC2)CC1.F[B-](F)(F)F.OCCCc1ccccc1.[Cl][Ru+]. The summed E-state index contributed by atoms with van der Waals surface area (Å²) in [5.74, 6) is 0. The Kier molecular flexibility index (Phi) is 20.2. The van der Waals surface area contributed by atoms with Gasteiger partial charge in [0, 0.05) is 6.61 Å². The summed E-state index contributed by atoms with van der Waals surface area (Å²) in [6.45, 7) is 0.287. The van der Waals surface area contributed by atoms with E-state index in [0.717, 1.165) is 12.8 Å². The average Bonchev–Trinajstić information content (AvgIpc) is 2.91. The molecule has 0 atom stereocenters. The Morgan fingerprint density at radius 3 is 1.33 bits per heavy atom. The van der Waals surface area contributed by atoms with Crippen molar-refractivity contribution in [3.63, 3.8) is 0 Å². The summed E-state index contributed by atoms with van der Waals surface area (Å²) in [5, 5.41) is 8.53. The zero-order valence-electron chi connectivity index (χ0n) is 21.6. The Hall–Kier alpha value is 0.308. The summed E-state index contributed by atoms with van der Waals surface area (Å²) in [4.78, 5) is 0. The molecule has 0 unspecified atom stereocenters. The number of hydrogen-bond acceptors (Lipinski definition) is 1. The Morgan fingerprint density at radius 2 is 1.03 bits per heavy atom. The third-order valence-corrected chi connectivity index (χ3v) is 11.5. The van der Waals surface area contributed by atoms with Crippen molar-refractivity contribution >= 4 is 24.9 Å². The van der Waals surface area contributed by atoms with Crippen LogP contribution in [0.5, 0.6) is 0 Å². The topological polar surface area (TPSA) is 20.2 Å². The van der Waals surface area contributed by atoms with Crippen molar-refractivity contribution in [2.24, 2.45) is 0 Å². The van der Waals surface area contributed by atoms with E-state index in [1.165, 1.54) is 41.8 Å². The van der Waals surface area contributed by atoms with Crippen molar-refractivity contribution in [3.05, 3.63) is 35.9 Å². The number of rotatable bonds is 6. The third kappa shape index (κ3) is 16.3. The van der Waals surface area contributed by atoms with Gasteiger partial charge in [-0.2, -0.15) is 0 Å². The Bertz CT molecular complexity index is 577. The van der Waals surface area contributed by atoms with Crippen molar-refractivity contribution in [1.82, 2.24) is 0 Å². The van der Waals surface area contributed by atoms with Crippen LogP contribution in [-0.2, 0) is 23.7 Å². The molecule has 3 fully saturated rings. The van der Waals surface area contributed by atoms with Crippen molar-refractivity contribution in [2.45, 2.75) is 126 Å². The van der Waals surface area contributed by atoms with E-state index in [9.17, 15) is 17.3 Å². The molecule has 0 spiro atoms. The van der Waals surface area contributed by atoms with E-state index >= 15 is 0 Å². The molecule has 0 saturated heterocycles. The van der Waals surface area contributed by atoms with Crippen LogP contribution >= 0.6 is 17.6 Å². The van der Waals surface area contributed by atoms with Gasteiger partial charge in [-0.05, 0) is 73.9 Å². The zero-order valence-corrected chi connectivity index (χ0v) is 25.0. The summed E-state index contributed by atoms with van der Waals surface area (Å²) in [5.41, 5.74) is 4.87. The van der Waals surface area contributed by atoms with Gasteiger partial charge in [-0.15, -0.1) is 0 Å². The first-order chi connectivity index (χ1) is 17.4. The summed E-state index contributed by atoms with van der Waals surface area (Å²) >= 11 is 1.82. The van der Waals surface area contributed by atoms with E-state index in [1.54, 1.807) is 77.0 Å². The average molecular weight is 640 g/mol. The van der Waals surface area contributed by atoms with Gasteiger partial charge < -0.3 is 22.4 Å². The van der Waals surface area contributed by atoms with Gasteiger partial charge in [0.15, 0.2) is 0 Å². The van der Waals surface area contributed by atoms with Gasteiger partial charge >= 0.3 is 34.3 Å². The van der Waals surface area contributed by atoms with E-state index in [-0.39, 0.29) is 6.61 Å². The second kappa shape index (κ2) is 21.2. The van der Waals surface area contributed by atoms with Gasteiger partial charge in [-0.1, -0.05) is 96.0 Å². The molecule has 1 N–H and O–H groups in total. The van der Waals surface area contributed by atoms with Crippen LogP contribution < -0.4 is 0 Å². The minimum atomic E-state index is -6.00. The Labute approximate surface area is 232 Å². The number of aliphatic hydroxyl groups excluding tert-OH is 1. The predicted octanol–water partition coefficient (Wildman–Crippen LogP) is 10.1. The summed E-state index contributed by atoms with van der Waals surface area (Å²) in [6, 6.07) is 10.2. The molecular formula is C27H45BClF4OPRu. The maximum absolute atomic E-state index is 9.75. The standard InChI is InChI=1S/C18H33P.C9H12O.BF4.ClH.Ru/c1-4-10-16(11-5-1)19(17-12-6-2-7-13-17)18-14-8-3-9-15-18;10-8-4-7-9-5-2-1-3-6-9;2-1(3,4)5;;/h16-18H,1-15H2;1-3,5-6,10H,4,7-8H2;;1H;/q;;-1;;+2/p-1. The van der Waals surface area contributed by atoms with Crippen LogP contribution in [0.4, 0.5) is 17.3 Å². The van der Waals surface area contributed by atoms with Gasteiger partial charge in [-0.3, -0.25) is 0 Å². The van der Waals surface area contributed by atoms with E-state index in [1.807, 2.05) is 35.5 Å². The van der Waals surface area contributed by atoms with Crippen molar-refractivity contribution < 1.29 is 39.7 Å². The third-order valence-electron chi connectivity index (χ3n) is 7.46. The molecule has 1 aromatic rings. The predicted molar refractivity (Wildman–Crippen MR) is 145 cm³/mol. The van der Waals surface area contributed by atoms with Crippen LogP contribution in [0, 0.1) is 0 Å². The van der Waals surface area contributed by atoms with Crippen LogP contribution in [0.3, 0.4) is 0 Å². The molecule has 0 radical (unpaired) electrons. The molecule has 0 aromatic heterocycles. The fraction of sp³-hybridized carbons (Fsp3) is 0.778. The Morgan fingerprint density at radius 1 is 0.694 bits per heavy atom. The Balaban J connectivity index is 0.000000320. The summed E-state index contributed by atoms with van der Waals surface area (Å²) in [6.07, 6.45) is 25.5. The second-order valence-corrected chi connectivity index (χ2v) is 13.2. The molecule has 9 heteroatoms. The van der Waals surface area contributed by atoms with Crippen molar-refractivity contribution in [3.8, 4) is 0 Å². The number of aliphatic hydroxyl groups is 1. The first-order valence-corrected chi connectivity index (χ1v) is 17.6. The molecule has 210 valence electrons. The molecule has 4 rings (SSSR count). The zero-order chi connectivity index (χ0) is 26.7. The first kappa shape index (κ1) is 34.3. The van der Waals surface area contributed by atoms with Crippen LogP contribution in [-0.4, -0.2) is 35.9 Å². The van der Waals surface area contributed by atoms with E-state index in [2.05, 4.69) is 21.8 Å². The second-order valence-electron chi connectivity index (χ2n) is 10.1. The number of aryl methyl sites for hydroxylation is 1. The van der Waals surface area contributed by atoms with Crippen LogP contribution in [0.2, 0.25) is 0 Å². The molecule has 0 amide bonds. The molecule has 3 aliphatic carbocycles. The van der Waals surface area contributed by atoms with Gasteiger partial charge in [0.1, 0.15) is 0 Å². The molecular weight excluding hydrogens is 595 g/mol. The van der Waals surface area contributed by atoms with E-state index in [0.29, 0.717) is 7.92 Å². The molecule has 0 aliphatic heterocycles. The molecule has 0 bridgehead atoms. The normalized spacial score (nSPS) is 19.8. The van der Waals surface area contributed by atoms with Gasteiger partial charge in [0.2, 0.25) is 0 Å². The first-order valence-electron chi connectivity index (χ1n) is 13.8. The molecule has 3 aliphatic rings. The maximum atomic E-state index is 9.75. The summed E-state index contributed by atoms with van der Waals surface area (Å²) in [7, 11) is -1.05. The van der Waals surface area contributed by atoms with E-state index in [4.69, 9.17) is 5.11 Å². The van der Waals surface area contributed by atoms with Crippen molar-refractivity contribution in [1.29, 1.82) is 0 Å². The van der Waals surface area contributed by atoms with E-state index < -0.39 is 7.25 Å². The van der Waals surface area contributed by atoms with Gasteiger partial charge in [0.05, 0.1) is 0 Å². The van der Waals surface area contributed by atoms with Gasteiger partial charge in [0.25, 0.3) is 0 Å². The van der Waals surface area contributed by atoms with Crippen molar-refractivity contribution in [2.75, 3.05) is 6.61 Å². The monoisotopic (exact) mass is 640 g/mol. The van der Waals surface area contributed by atoms with Gasteiger partial charge in [-0.25, -0.2) is 0 Å².